The maximum Gasteiger partial charge on any atom is 0.272 e. The zero-order valence-corrected chi connectivity index (χ0v) is 16.2. The first-order chi connectivity index (χ1) is 13.3. The number of nitrogens with one attached hydrogen (secondary N) is 2. The summed E-state index contributed by atoms with van der Waals surface area (Å²) in [5.41, 5.74) is 3.75. The van der Waals surface area contributed by atoms with Gasteiger partial charge in [-0.05, 0) is 55.3 Å². The highest BCUT2D eigenvalue weighted by molar-refractivity contribution is 7.89. The summed E-state index contributed by atoms with van der Waals surface area (Å²) >= 11 is 0. The summed E-state index contributed by atoms with van der Waals surface area (Å²) in [6.07, 6.45) is 1.29. The highest BCUT2D eigenvalue weighted by Gasteiger charge is 2.22. The fraction of sp³-hybridized carbons (Fsp3) is 0.263. The minimum absolute atomic E-state index is 0.0228. The molecule has 0 unspecified atom stereocenters. The summed E-state index contributed by atoms with van der Waals surface area (Å²) in [4.78, 5) is 27.2. The van der Waals surface area contributed by atoms with Gasteiger partial charge in [-0.1, -0.05) is 12.1 Å². The molecule has 8 nitrogen and oxygen atoms in total. The lowest BCUT2D eigenvalue weighted by molar-refractivity contribution is -0.123. The number of carbonyl (C=O) groups excluding carboxylic acids is 2. The maximum atomic E-state index is 12.3. The number of sulfonamides is 1. The van der Waals surface area contributed by atoms with Gasteiger partial charge in [-0.3, -0.25) is 15.0 Å². The van der Waals surface area contributed by atoms with E-state index in [1.165, 1.54) is 12.1 Å². The summed E-state index contributed by atoms with van der Waals surface area (Å²) < 4.78 is 29.9. The molecule has 0 radical (unpaired) electrons. The van der Waals surface area contributed by atoms with Crippen molar-refractivity contribution in [1.82, 2.24) is 10.3 Å². The summed E-state index contributed by atoms with van der Waals surface area (Å²) in [6.45, 7) is 2.19. The van der Waals surface area contributed by atoms with Gasteiger partial charge in [-0.2, -0.15) is 0 Å². The number of amides is 2. The molecular weight excluding hydrogens is 382 g/mol. The Balaban J connectivity index is 1.54. The number of hydrazine groups is 1. The maximum absolute atomic E-state index is 12.3. The van der Waals surface area contributed by atoms with Crippen LogP contribution in [0, 0.1) is 6.92 Å². The second-order valence-corrected chi connectivity index (χ2v) is 8.08. The number of ether oxygens (including phenoxy) is 1. The third-order valence-corrected chi connectivity index (χ3v) is 5.48. The van der Waals surface area contributed by atoms with Crippen molar-refractivity contribution in [2.75, 3.05) is 18.1 Å². The van der Waals surface area contributed by atoms with Crippen molar-refractivity contribution in [2.24, 2.45) is 0 Å². The van der Waals surface area contributed by atoms with Crippen LogP contribution in [0.1, 0.15) is 18.4 Å². The first kappa shape index (κ1) is 19.8. The van der Waals surface area contributed by atoms with E-state index in [1.807, 2.05) is 17.8 Å². The van der Waals surface area contributed by atoms with Crippen LogP contribution in [0.25, 0.3) is 0 Å². The number of hydrogen-bond acceptors (Lipinski definition) is 5. The molecule has 1 fully saturated rings. The smallest absolute Gasteiger partial charge is 0.272 e. The third kappa shape index (κ3) is 4.87. The molecule has 1 aliphatic heterocycles. The largest absolute Gasteiger partial charge is 0.484 e. The lowest BCUT2D eigenvalue weighted by Crippen LogP contribution is -2.43. The molecule has 0 spiro atoms. The highest BCUT2D eigenvalue weighted by Crippen LogP contribution is 2.22. The molecule has 148 valence electrons. The van der Waals surface area contributed by atoms with Crippen molar-refractivity contribution in [3.63, 3.8) is 0 Å². The molecule has 1 aliphatic rings. The molecule has 28 heavy (non-hydrogen) atoms. The first-order valence-electron chi connectivity index (χ1n) is 8.76. The quantitative estimate of drug-likeness (QED) is 0.682. The number of nitrogens with zero attached hydrogens (tertiary/aromatic N) is 1. The van der Waals surface area contributed by atoms with E-state index < -0.39 is 15.9 Å². The highest BCUT2D eigenvalue weighted by atomic mass is 32.2. The molecule has 0 aromatic heterocycles. The van der Waals surface area contributed by atoms with Crippen molar-refractivity contribution in [2.45, 2.75) is 24.7 Å². The van der Waals surface area contributed by atoms with Crippen LogP contribution in [0.5, 0.6) is 5.75 Å². The molecule has 1 saturated heterocycles. The van der Waals surface area contributed by atoms with Gasteiger partial charge in [-0.25, -0.2) is 8.42 Å². The fourth-order valence-electron chi connectivity index (χ4n) is 2.80. The van der Waals surface area contributed by atoms with Gasteiger partial charge in [0.15, 0.2) is 6.61 Å². The molecular formula is C19H21N3O5S. The Labute approximate surface area is 163 Å². The summed E-state index contributed by atoms with van der Waals surface area (Å²) in [7, 11) is -3.94. The SMILES string of the molecule is Cc1cccc(OCC(=O)NNS(=O)(=O)c2ccc(N3CCCC3=O)cc2)c1. The van der Waals surface area contributed by atoms with Crippen molar-refractivity contribution in [1.29, 1.82) is 0 Å². The van der Waals surface area contributed by atoms with E-state index in [0.29, 0.717) is 24.4 Å². The zero-order valence-electron chi connectivity index (χ0n) is 15.3. The van der Waals surface area contributed by atoms with E-state index in [2.05, 4.69) is 5.43 Å². The minimum Gasteiger partial charge on any atom is -0.484 e. The summed E-state index contributed by atoms with van der Waals surface area (Å²) in [5.74, 6) is -0.0935. The van der Waals surface area contributed by atoms with Gasteiger partial charge in [0.05, 0.1) is 4.90 Å². The van der Waals surface area contributed by atoms with Crippen LogP contribution in [0.2, 0.25) is 0 Å². The number of benzene rings is 2. The van der Waals surface area contributed by atoms with E-state index >= 15 is 0 Å². The lowest BCUT2D eigenvalue weighted by Gasteiger charge is -2.16. The number of rotatable bonds is 7. The second-order valence-electron chi connectivity index (χ2n) is 6.40. The Kier molecular flexibility index (Phi) is 5.96. The van der Waals surface area contributed by atoms with Crippen molar-refractivity contribution >= 4 is 27.5 Å². The average molecular weight is 403 g/mol. The number of aryl methyl sites for hydroxylation is 1. The zero-order chi connectivity index (χ0) is 20.1. The monoisotopic (exact) mass is 403 g/mol. The average Bonchev–Trinajstić information content (AvgIpc) is 3.11. The Bertz CT molecular complexity index is 973. The van der Waals surface area contributed by atoms with Gasteiger partial charge in [-0.15, -0.1) is 4.83 Å². The molecule has 2 aromatic rings. The van der Waals surface area contributed by atoms with E-state index in [9.17, 15) is 18.0 Å². The lowest BCUT2D eigenvalue weighted by atomic mass is 10.2. The minimum atomic E-state index is -3.94. The van der Waals surface area contributed by atoms with Crippen molar-refractivity contribution < 1.29 is 22.7 Å². The van der Waals surface area contributed by atoms with Crippen LogP contribution >= 0.6 is 0 Å². The molecule has 2 N–H and O–H groups in total. The van der Waals surface area contributed by atoms with Gasteiger partial charge >= 0.3 is 0 Å². The van der Waals surface area contributed by atoms with Gasteiger partial charge in [0, 0.05) is 18.7 Å². The third-order valence-electron chi connectivity index (χ3n) is 4.22. The Hall–Kier alpha value is -2.91. The normalized spacial score (nSPS) is 14.2. The Morgan fingerprint density at radius 1 is 1.18 bits per heavy atom. The summed E-state index contributed by atoms with van der Waals surface area (Å²) in [6, 6.07) is 13.1. The predicted molar refractivity (Wildman–Crippen MR) is 103 cm³/mol. The van der Waals surface area contributed by atoms with Gasteiger partial charge < -0.3 is 9.64 Å². The number of carbonyl (C=O) groups is 2. The molecule has 1 heterocycles. The molecule has 0 aliphatic carbocycles. The van der Waals surface area contributed by atoms with Crippen LogP contribution in [0.3, 0.4) is 0 Å². The van der Waals surface area contributed by atoms with Crippen molar-refractivity contribution in [3.05, 3.63) is 54.1 Å². The van der Waals surface area contributed by atoms with E-state index in [4.69, 9.17) is 4.74 Å². The number of hydrogen-bond donors (Lipinski definition) is 2. The van der Waals surface area contributed by atoms with Crippen LogP contribution in [0.4, 0.5) is 5.69 Å². The van der Waals surface area contributed by atoms with Crippen LogP contribution in [0.15, 0.2) is 53.4 Å². The molecule has 0 bridgehead atoms. The standard InChI is InChI=1S/C19H21N3O5S/c1-14-4-2-5-16(12-14)27-13-18(23)20-21-28(25,26)17-9-7-15(8-10-17)22-11-3-6-19(22)24/h2,4-5,7-10,12,21H,3,6,11,13H2,1H3,(H,20,23). The molecule has 0 saturated carbocycles. The van der Waals surface area contributed by atoms with Gasteiger partial charge in [0.2, 0.25) is 5.91 Å². The Morgan fingerprint density at radius 2 is 1.93 bits per heavy atom. The number of anilines is 1. The molecule has 3 rings (SSSR count). The van der Waals surface area contributed by atoms with Gasteiger partial charge in [0.1, 0.15) is 5.75 Å². The van der Waals surface area contributed by atoms with Crippen molar-refractivity contribution in [3.8, 4) is 5.75 Å². The molecule has 9 heteroatoms. The molecule has 0 atom stereocenters. The topological polar surface area (TPSA) is 105 Å². The van der Waals surface area contributed by atoms with E-state index in [-0.39, 0.29) is 17.4 Å². The van der Waals surface area contributed by atoms with E-state index in [1.54, 1.807) is 35.2 Å². The van der Waals surface area contributed by atoms with Crippen LogP contribution in [-0.2, 0) is 19.6 Å². The van der Waals surface area contributed by atoms with Gasteiger partial charge in [0.25, 0.3) is 15.9 Å². The summed E-state index contributed by atoms with van der Waals surface area (Å²) in [5, 5.41) is 0. The molecule has 2 aromatic carbocycles. The molecule has 2 amide bonds. The fourth-order valence-corrected chi connectivity index (χ4v) is 3.66. The first-order valence-corrected chi connectivity index (χ1v) is 10.2. The second kappa shape index (κ2) is 8.41. The van der Waals surface area contributed by atoms with E-state index in [0.717, 1.165) is 12.0 Å². The Morgan fingerprint density at radius 3 is 2.57 bits per heavy atom. The van der Waals surface area contributed by atoms with Crippen LogP contribution in [-0.4, -0.2) is 33.4 Å². The predicted octanol–water partition coefficient (Wildman–Crippen LogP) is 1.51. The van der Waals surface area contributed by atoms with Crippen LogP contribution < -0.4 is 19.9 Å².